The first-order valence-corrected chi connectivity index (χ1v) is 10.2. The highest BCUT2D eigenvalue weighted by Gasteiger charge is 2.32. The minimum absolute atomic E-state index is 0.111. The molecule has 7 nitrogen and oxygen atoms in total. The Morgan fingerprint density at radius 1 is 1.19 bits per heavy atom. The average molecular weight is 386 g/mol. The van der Waals surface area contributed by atoms with E-state index in [4.69, 9.17) is 0 Å². The minimum atomic E-state index is -3.63. The van der Waals surface area contributed by atoms with Crippen LogP contribution in [0, 0.1) is 12.8 Å². The number of aliphatic imine (C=N–C) groups is 1. The second-order valence-corrected chi connectivity index (χ2v) is 8.41. The lowest BCUT2D eigenvalue weighted by atomic mass is 10.0. The Hall–Kier alpha value is -2.74. The summed E-state index contributed by atoms with van der Waals surface area (Å²) >= 11 is 0. The van der Waals surface area contributed by atoms with Gasteiger partial charge in [0, 0.05) is 11.3 Å². The number of hydrogen-bond donors (Lipinski definition) is 2. The zero-order valence-corrected chi connectivity index (χ0v) is 16.2. The van der Waals surface area contributed by atoms with Crippen LogP contribution in [0.4, 0.5) is 0 Å². The standard InChI is InChI=1S/C19H22N4O3S/c1-12(2)17(19(24)20-11-14-8-6-7-13(3)21-14)22-18-15-9-4-5-10-16(15)27(25,26)23-18/h4-10,12,17H,11H2,1-3H3,(H,20,24)(H,22,23)/t17-/m0/s1. The number of hydrogen-bond acceptors (Lipinski definition) is 5. The van der Waals surface area contributed by atoms with E-state index in [1.807, 2.05) is 39.0 Å². The SMILES string of the molecule is Cc1cccc(CNC(=O)[C@@H](N=C2NS(=O)(=O)c3ccccc32)C(C)C)n1. The quantitative estimate of drug-likeness (QED) is 0.818. The van der Waals surface area contributed by atoms with Gasteiger partial charge in [0.2, 0.25) is 5.91 Å². The number of rotatable bonds is 5. The van der Waals surface area contributed by atoms with Crippen molar-refractivity contribution in [2.24, 2.45) is 10.9 Å². The Balaban J connectivity index is 1.82. The van der Waals surface area contributed by atoms with Crippen LogP contribution in [0.5, 0.6) is 0 Å². The number of sulfonamides is 1. The largest absolute Gasteiger partial charge is 0.349 e. The number of carbonyl (C=O) groups is 1. The van der Waals surface area contributed by atoms with E-state index < -0.39 is 16.1 Å². The van der Waals surface area contributed by atoms with E-state index >= 15 is 0 Å². The molecule has 8 heteroatoms. The molecule has 0 radical (unpaired) electrons. The van der Waals surface area contributed by atoms with Crippen molar-refractivity contribution in [3.05, 3.63) is 59.4 Å². The fraction of sp³-hybridized carbons (Fsp3) is 0.316. The van der Waals surface area contributed by atoms with Gasteiger partial charge in [-0.3, -0.25) is 19.5 Å². The topological polar surface area (TPSA) is 101 Å². The van der Waals surface area contributed by atoms with E-state index in [-0.39, 0.29) is 29.1 Å². The van der Waals surface area contributed by atoms with Gasteiger partial charge >= 0.3 is 0 Å². The normalized spacial score (nSPS) is 17.4. The highest BCUT2D eigenvalue weighted by Crippen LogP contribution is 2.23. The first-order chi connectivity index (χ1) is 12.8. The minimum Gasteiger partial charge on any atom is -0.349 e. The number of aryl methyl sites for hydroxylation is 1. The highest BCUT2D eigenvalue weighted by atomic mass is 32.2. The van der Waals surface area contributed by atoms with Crippen LogP contribution < -0.4 is 10.0 Å². The maximum absolute atomic E-state index is 12.7. The number of pyridine rings is 1. The molecule has 0 unspecified atom stereocenters. The summed E-state index contributed by atoms with van der Waals surface area (Å²) in [5, 5.41) is 2.84. The summed E-state index contributed by atoms with van der Waals surface area (Å²) in [6.45, 7) is 5.91. The molecule has 0 aliphatic carbocycles. The number of nitrogens with one attached hydrogen (secondary N) is 2. The van der Waals surface area contributed by atoms with E-state index in [1.54, 1.807) is 18.2 Å². The number of nitrogens with zero attached hydrogens (tertiary/aromatic N) is 2. The van der Waals surface area contributed by atoms with Crippen molar-refractivity contribution in [2.75, 3.05) is 0 Å². The molecule has 0 saturated heterocycles. The fourth-order valence-electron chi connectivity index (χ4n) is 2.86. The average Bonchev–Trinajstić information content (AvgIpc) is 2.88. The van der Waals surface area contributed by atoms with Crippen molar-refractivity contribution < 1.29 is 13.2 Å². The predicted molar refractivity (Wildman–Crippen MR) is 103 cm³/mol. The number of benzene rings is 1. The van der Waals surface area contributed by atoms with Crippen LogP contribution in [0.15, 0.2) is 52.4 Å². The van der Waals surface area contributed by atoms with Gasteiger partial charge < -0.3 is 5.32 Å². The number of carbonyl (C=O) groups excluding carboxylic acids is 1. The van der Waals surface area contributed by atoms with Crippen molar-refractivity contribution in [2.45, 2.75) is 38.3 Å². The molecule has 142 valence electrons. The second kappa shape index (κ2) is 7.48. The third-order valence-electron chi connectivity index (χ3n) is 4.22. The smallest absolute Gasteiger partial charge is 0.263 e. The molecule has 2 aromatic rings. The van der Waals surface area contributed by atoms with E-state index in [0.717, 1.165) is 11.4 Å². The van der Waals surface area contributed by atoms with Crippen molar-refractivity contribution in [1.29, 1.82) is 0 Å². The van der Waals surface area contributed by atoms with E-state index in [1.165, 1.54) is 6.07 Å². The van der Waals surface area contributed by atoms with Crippen LogP contribution in [0.2, 0.25) is 0 Å². The Morgan fingerprint density at radius 3 is 2.63 bits per heavy atom. The lowest BCUT2D eigenvalue weighted by Crippen LogP contribution is -2.38. The zero-order valence-electron chi connectivity index (χ0n) is 15.4. The Morgan fingerprint density at radius 2 is 1.93 bits per heavy atom. The monoisotopic (exact) mass is 386 g/mol. The molecule has 0 fully saturated rings. The van der Waals surface area contributed by atoms with Gasteiger partial charge in [-0.2, -0.15) is 0 Å². The number of amides is 1. The molecular weight excluding hydrogens is 364 g/mol. The van der Waals surface area contributed by atoms with E-state index in [0.29, 0.717) is 5.56 Å². The Bertz CT molecular complexity index is 1000. The molecule has 1 aromatic heterocycles. The van der Waals surface area contributed by atoms with Crippen LogP contribution in [0.25, 0.3) is 0 Å². The molecular formula is C19H22N4O3S. The third kappa shape index (κ3) is 4.16. The molecule has 1 amide bonds. The Labute approximate surface area is 159 Å². The van der Waals surface area contributed by atoms with Crippen molar-refractivity contribution in [1.82, 2.24) is 15.0 Å². The number of aromatic nitrogens is 1. The number of fused-ring (bicyclic) bond motifs is 1. The van der Waals surface area contributed by atoms with Crippen molar-refractivity contribution in [3.63, 3.8) is 0 Å². The van der Waals surface area contributed by atoms with E-state index in [2.05, 4.69) is 20.0 Å². The van der Waals surface area contributed by atoms with Gasteiger partial charge in [-0.25, -0.2) is 8.42 Å². The van der Waals surface area contributed by atoms with Crippen LogP contribution in [0.3, 0.4) is 0 Å². The molecule has 3 rings (SSSR count). The van der Waals surface area contributed by atoms with Gasteiger partial charge in [0.25, 0.3) is 10.0 Å². The lowest BCUT2D eigenvalue weighted by molar-refractivity contribution is -0.123. The molecule has 0 saturated carbocycles. The molecule has 2 heterocycles. The third-order valence-corrected chi connectivity index (χ3v) is 5.62. The molecule has 1 aromatic carbocycles. The van der Waals surface area contributed by atoms with Gasteiger partial charge in [-0.1, -0.05) is 32.0 Å². The maximum Gasteiger partial charge on any atom is 0.263 e. The van der Waals surface area contributed by atoms with Crippen LogP contribution in [-0.2, 0) is 21.4 Å². The van der Waals surface area contributed by atoms with E-state index in [9.17, 15) is 13.2 Å². The first kappa shape index (κ1) is 19.0. The van der Waals surface area contributed by atoms with Crippen LogP contribution in [0.1, 0.15) is 30.8 Å². The summed E-state index contributed by atoms with van der Waals surface area (Å²) in [5.74, 6) is -0.183. The molecule has 0 spiro atoms. The first-order valence-electron chi connectivity index (χ1n) is 8.68. The fourth-order valence-corrected chi connectivity index (χ4v) is 4.10. The predicted octanol–water partition coefficient (Wildman–Crippen LogP) is 1.77. The molecule has 27 heavy (non-hydrogen) atoms. The summed E-state index contributed by atoms with van der Waals surface area (Å²) in [6, 6.07) is 11.5. The highest BCUT2D eigenvalue weighted by molar-refractivity contribution is 7.90. The summed E-state index contributed by atoms with van der Waals surface area (Å²) in [6.07, 6.45) is 0. The zero-order chi connectivity index (χ0) is 19.6. The molecule has 1 atom stereocenters. The summed E-state index contributed by atoms with van der Waals surface area (Å²) in [5.41, 5.74) is 2.11. The summed E-state index contributed by atoms with van der Waals surface area (Å²) in [4.78, 5) is 21.7. The molecule has 0 bridgehead atoms. The summed E-state index contributed by atoms with van der Waals surface area (Å²) < 4.78 is 26.9. The lowest BCUT2D eigenvalue weighted by Gasteiger charge is -2.17. The van der Waals surface area contributed by atoms with Gasteiger partial charge in [-0.15, -0.1) is 0 Å². The van der Waals surface area contributed by atoms with Crippen molar-refractivity contribution >= 4 is 21.8 Å². The maximum atomic E-state index is 12.7. The van der Waals surface area contributed by atoms with Gasteiger partial charge in [0.1, 0.15) is 11.9 Å². The molecule has 1 aliphatic rings. The van der Waals surface area contributed by atoms with Crippen LogP contribution in [-0.4, -0.2) is 31.2 Å². The Kier molecular flexibility index (Phi) is 5.27. The van der Waals surface area contributed by atoms with Crippen LogP contribution >= 0.6 is 0 Å². The van der Waals surface area contributed by atoms with Gasteiger partial charge in [0.15, 0.2) is 0 Å². The molecule has 2 N–H and O–H groups in total. The molecule has 1 aliphatic heterocycles. The van der Waals surface area contributed by atoms with Gasteiger partial charge in [0.05, 0.1) is 17.1 Å². The number of amidine groups is 1. The van der Waals surface area contributed by atoms with Gasteiger partial charge in [-0.05, 0) is 37.1 Å². The summed E-state index contributed by atoms with van der Waals surface area (Å²) in [7, 11) is -3.63. The second-order valence-electron chi connectivity index (χ2n) is 6.76. The van der Waals surface area contributed by atoms with Crippen molar-refractivity contribution in [3.8, 4) is 0 Å².